The molecule has 8 heteroatoms. The van der Waals surface area contributed by atoms with Crippen LogP contribution in [0.1, 0.15) is 11.1 Å². The normalized spacial score (nSPS) is 15.9. The Balaban J connectivity index is 1.56. The molecule has 2 aliphatic heterocycles. The lowest BCUT2D eigenvalue weighted by Gasteiger charge is -2.21. The highest BCUT2D eigenvalue weighted by Crippen LogP contribution is 2.36. The van der Waals surface area contributed by atoms with Crippen molar-refractivity contribution in [2.75, 3.05) is 13.6 Å². The number of carboxylic acid groups (broad SMARTS) is 2. The largest absolute Gasteiger partial charge is 0.481 e. The monoisotopic (exact) mass is 386 g/mol. The molecule has 0 fully saturated rings. The molecule has 2 heterocycles. The predicted molar refractivity (Wildman–Crippen MR) is 94.8 cm³/mol. The van der Waals surface area contributed by atoms with Crippen LogP contribution >= 0.6 is 0 Å². The number of ether oxygens (including phenoxy) is 4. The van der Waals surface area contributed by atoms with Crippen LogP contribution in [0.5, 0.6) is 23.0 Å². The molecule has 0 amide bonds. The lowest BCUT2D eigenvalue weighted by Crippen LogP contribution is -2.33. The number of benzene rings is 2. The second-order valence-corrected chi connectivity index (χ2v) is 6.67. The topological polar surface area (TPSA) is 112 Å². The first kappa shape index (κ1) is 18.0. The summed E-state index contributed by atoms with van der Waals surface area (Å²) in [5, 5.41) is 19.4. The van der Waals surface area contributed by atoms with E-state index in [1.54, 1.807) is 36.4 Å². The standard InChI is InChI=1S/C20H18O8/c21-19(22)13(5-11-1-3-15-17(7-11)27-9-25-15)14(20(23)24)6-12-2-4-16-18(8-12)28-10-26-16/h1-4,7-8,13-14H,5-6,9-10H2,(H,21,22)(H,23,24)/t13-,14-/m1/s1. The molecule has 0 saturated heterocycles. The van der Waals surface area contributed by atoms with Crippen LogP contribution in [-0.4, -0.2) is 35.7 Å². The van der Waals surface area contributed by atoms with E-state index >= 15 is 0 Å². The van der Waals surface area contributed by atoms with Crippen LogP contribution in [0.2, 0.25) is 0 Å². The Morgan fingerprint density at radius 2 is 1.11 bits per heavy atom. The van der Waals surface area contributed by atoms with Gasteiger partial charge in [-0.2, -0.15) is 0 Å². The zero-order chi connectivity index (χ0) is 19.7. The second kappa shape index (κ2) is 7.30. The fourth-order valence-corrected chi connectivity index (χ4v) is 3.45. The van der Waals surface area contributed by atoms with Gasteiger partial charge in [0.2, 0.25) is 13.6 Å². The van der Waals surface area contributed by atoms with Gasteiger partial charge in [0.05, 0.1) is 11.8 Å². The van der Waals surface area contributed by atoms with Gasteiger partial charge in [0, 0.05) is 0 Å². The number of carbonyl (C=O) groups is 2. The first-order valence-electron chi connectivity index (χ1n) is 8.74. The molecule has 2 N–H and O–H groups in total. The van der Waals surface area contributed by atoms with E-state index in [2.05, 4.69) is 0 Å². The number of hydrogen-bond donors (Lipinski definition) is 2. The average Bonchev–Trinajstić information content (AvgIpc) is 3.32. The van der Waals surface area contributed by atoms with E-state index in [1.807, 2.05) is 0 Å². The summed E-state index contributed by atoms with van der Waals surface area (Å²) in [6, 6.07) is 10.2. The van der Waals surface area contributed by atoms with Crippen molar-refractivity contribution in [3.63, 3.8) is 0 Å². The first-order valence-corrected chi connectivity index (χ1v) is 8.74. The van der Waals surface area contributed by atoms with E-state index in [0.717, 1.165) is 0 Å². The fraction of sp³-hybridized carbons (Fsp3) is 0.300. The van der Waals surface area contributed by atoms with Gasteiger partial charge in [-0.15, -0.1) is 0 Å². The van der Waals surface area contributed by atoms with Crippen molar-refractivity contribution in [2.45, 2.75) is 12.8 Å². The van der Waals surface area contributed by atoms with E-state index in [0.29, 0.717) is 34.1 Å². The Kier molecular flexibility index (Phi) is 4.68. The van der Waals surface area contributed by atoms with Crippen molar-refractivity contribution in [2.24, 2.45) is 11.8 Å². The van der Waals surface area contributed by atoms with Crippen LogP contribution in [0.15, 0.2) is 36.4 Å². The minimum atomic E-state index is -1.16. The molecule has 0 aromatic heterocycles. The number of fused-ring (bicyclic) bond motifs is 2. The molecule has 0 unspecified atom stereocenters. The average molecular weight is 386 g/mol. The SMILES string of the molecule is O=C(O)[C@H](Cc1ccc2c(c1)OCO2)[C@@H](Cc1ccc2c(c1)OCO2)C(=O)O. The van der Waals surface area contributed by atoms with Gasteiger partial charge in [-0.05, 0) is 48.2 Å². The van der Waals surface area contributed by atoms with Crippen LogP contribution in [-0.2, 0) is 22.4 Å². The highest BCUT2D eigenvalue weighted by molar-refractivity contribution is 5.80. The Labute approximate surface area is 160 Å². The lowest BCUT2D eigenvalue weighted by molar-refractivity contribution is -0.153. The van der Waals surface area contributed by atoms with Gasteiger partial charge in [-0.25, -0.2) is 0 Å². The van der Waals surface area contributed by atoms with E-state index in [4.69, 9.17) is 18.9 Å². The Morgan fingerprint density at radius 3 is 1.50 bits per heavy atom. The molecule has 4 rings (SSSR count). The molecule has 2 aliphatic rings. The van der Waals surface area contributed by atoms with Crippen molar-refractivity contribution < 1.29 is 38.7 Å². The fourth-order valence-electron chi connectivity index (χ4n) is 3.45. The summed E-state index contributed by atoms with van der Waals surface area (Å²) in [5.41, 5.74) is 1.35. The minimum absolute atomic E-state index is 0.0630. The van der Waals surface area contributed by atoms with Gasteiger partial charge in [-0.1, -0.05) is 12.1 Å². The predicted octanol–water partition coefficient (Wildman–Crippen LogP) is 2.33. The van der Waals surface area contributed by atoms with Gasteiger partial charge in [0.15, 0.2) is 23.0 Å². The van der Waals surface area contributed by atoms with Gasteiger partial charge < -0.3 is 29.2 Å². The molecular weight excluding hydrogens is 368 g/mol. The molecule has 0 bridgehead atoms. The molecule has 8 nitrogen and oxygen atoms in total. The Hall–Kier alpha value is -3.42. The third-order valence-electron chi connectivity index (χ3n) is 4.91. The Morgan fingerprint density at radius 1 is 0.714 bits per heavy atom. The number of hydrogen-bond acceptors (Lipinski definition) is 6. The first-order chi connectivity index (χ1) is 13.5. The molecule has 146 valence electrons. The summed E-state index contributed by atoms with van der Waals surface area (Å²) in [6.45, 7) is 0.228. The van der Waals surface area contributed by atoms with Crippen molar-refractivity contribution in [3.8, 4) is 23.0 Å². The van der Waals surface area contributed by atoms with Crippen molar-refractivity contribution in [3.05, 3.63) is 47.5 Å². The summed E-state index contributed by atoms with van der Waals surface area (Å²) in [4.78, 5) is 23.8. The lowest BCUT2D eigenvalue weighted by atomic mass is 9.82. The number of aliphatic carboxylic acids is 2. The van der Waals surface area contributed by atoms with E-state index < -0.39 is 23.8 Å². The van der Waals surface area contributed by atoms with E-state index in [9.17, 15) is 19.8 Å². The third kappa shape index (κ3) is 3.53. The van der Waals surface area contributed by atoms with Crippen LogP contribution in [0.3, 0.4) is 0 Å². The highest BCUT2D eigenvalue weighted by atomic mass is 16.7. The zero-order valence-electron chi connectivity index (χ0n) is 14.8. The number of carboxylic acids is 2. The zero-order valence-corrected chi connectivity index (χ0v) is 14.8. The Bertz CT molecular complexity index is 847. The smallest absolute Gasteiger partial charge is 0.307 e. The second-order valence-electron chi connectivity index (χ2n) is 6.67. The molecule has 0 spiro atoms. The summed E-state index contributed by atoms with van der Waals surface area (Å²) in [7, 11) is 0. The van der Waals surface area contributed by atoms with Crippen LogP contribution in [0, 0.1) is 11.8 Å². The van der Waals surface area contributed by atoms with Gasteiger partial charge in [0.25, 0.3) is 0 Å². The maximum absolute atomic E-state index is 11.9. The summed E-state index contributed by atoms with van der Waals surface area (Å²) in [6.07, 6.45) is 0.126. The molecule has 0 radical (unpaired) electrons. The van der Waals surface area contributed by atoms with E-state index in [1.165, 1.54) is 0 Å². The highest BCUT2D eigenvalue weighted by Gasteiger charge is 2.34. The maximum atomic E-state index is 11.9. The van der Waals surface area contributed by atoms with Crippen molar-refractivity contribution >= 4 is 11.9 Å². The number of rotatable bonds is 7. The molecule has 2 atom stereocenters. The quantitative estimate of drug-likeness (QED) is 0.746. The molecular formula is C20H18O8. The van der Waals surface area contributed by atoms with Crippen molar-refractivity contribution in [1.82, 2.24) is 0 Å². The van der Waals surface area contributed by atoms with Gasteiger partial charge >= 0.3 is 11.9 Å². The summed E-state index contributed by atoms with van der Waals surface area (Å²) in [5.74, 6) is -2.30. The summed E-state index contributed by atoms with van der Waals surface area (Å²) >= 11 is 0. The third-order valence-corrected chi connectivity index (χ3v) is 4.91. The van der Waals surface area contributed by atoms with Crippen molar-refractivity contribution in [1.29, 1.82) is 0 Å². The van der Waals surface area contributed by atoms with Crippen LogP contribution in [0.25, 0.3) is 0 Å². The maximum Gasteiger partial charge on any atom is 0.307 e. The van der Waals surface area contributed by atoms with E-state index in [-0.39, 0.29) is 26.4 Å². The minimum Gasteiger partial charge on any atom is -0.481 e. The van der Waals surface area contributed by atoms with Gasteiger partial charge in [-0.3, -0.25) is 9.59 Å². The van der Waals surface area contributed by atoms with Gasteiger partial charge in [0.1, 0.15) is 0 Å². The molecule has 28 heavy (non-hydrogen) atoms. The molecule has 2 aromatic rings. The molecule has 0 aliphatic carbocycles. The van der Waals surface area contributed by atoms with Crippen LogP contribution in [0.4, 0.5) is 0 Å². The van der Waals surface area contributed by atoms with Crippen LogP contribution < -0.4 is 18.9 Å². The molecule has 0 saturated carbocycles. The summed E-state index contributed by atoms with van der Waals surface area (Å²) < 4.78 is 21.1. The molecule has 2 aromatic carbocycles.